The van der Waals surface area contributed by atoms with Crippen LogP contribution in [0.25, 0.3) is 0 Å². The van der Waals surface area contributed by atoms with Crippen molar-refractivity contribution in [2.45, 2.75) is 13.3 Å². The molecule has 0 aromatic heterocycles. The van der Waals surface area contributed by atoms with Gasteiger partial charge in [0, 0.05) is 12.1 Å². The Balaban J connectivity index is 3.01. The molecule has 0 heterocycles. The van der Waals surface area contributed by atoms with Crippen molar-refractivity contribution in [1.82, 2.24) is 5.32 Å². The molecule has 0 radical (unpaired) electrons. The van der Waals surface area contributed by atoms with Crippen molar-refractivity contribution in [3.8, 4) is 11.8 Å². The van der Waals surface area contributed by atoms with E-state index in [-0.39, 0.29) is 12.5 Å². The highest BCUT2D eigenvalue weighted by molar-refractivity contribution is 5.96. The number of hydrogen-bond acceptors (Lipinski definition) is 2. The van der Waals surface area contributed by atoms with Crippen molar-refractivity contribution in [3.63, 3.8) is 0 Å². The van der Waals surface area contributed by atoms with Crippen LogP contribution >= 0.6 is 0 Å². The van der Waals surface area contributed by atoms with Crippen LogP contribution in [0.1, 0.15) is 29.3 Å². The molecule has 0 saturated carbocycles. The van der Waals surface area contributed by atoms with Gasteiger partial charge in [0.2, 0.25) is 0 Å². The van der Waals surface area contributed by atoms with Gasteiger partial charge < -0.3 is 11.1 Å². The third-order valence-corrected chi connectivity index (χ3v) is 2.09. The van der Waals surface area contributed by atoms with E-state index in [1.54, 1.807) is 0 Å². The summed E-state index contributed by atoms with van der Waals surface area (Å²) in [7, 11) is 0. The Labute approximate surface area is 100 Å². The number of amides is 1. The Morgan fingerprint density at radius 2 is 2.29 bits per heavy atom. The first-order chi connectivity index (χ1) is 8.19. The van der Waals surface area contributed by atoms with Crippen LogP contribution in [0.15, 0.2) is 18.2 Å². The third-order valence-electron chi connectivity index (χ3n) is 2.09. The van der Waals surface area contributed by atoms with Crippen molar-refractivity contribution >= 4 is 5.91 Å². The van der Waals surface area contributed by atoms with Gasteiger partial charge in [-0.3, -0.25) is 4.79 Å². The second-order valence-electron chi connectivity index (χ2n) is 3.45. The summed E-state index contributed by atoms with van der Waals surface area (Å²) in [4.78, 5) is 11.8. The van der Waals surface area contributed by atoms with E-state index >= 15 is 0 Å². The lowest BCUT2D eigenvalue weighted by atomic mass is 10.1. The second-order valence-corrected chi connectivity index (χ2v) is 3.45. The molecule has 0 aliphatic carbocycles. The predicted octanol–water partition coefficient (Wildman–Crippen LogP) is 1.28. The zero-order valence-electron chi connectivity index (χ0n) is 9.72. The van der Waals surface area contributed by atoms with Crippen LogP contribution in [0.3, 0.4) is 0 Å². The van der Waals surface area contributed by atoms with Crippen LogP contribution < -0.4 is 11.1 Å². The SMILES string of the molecule is CCCNC(=O)c1ccc(F)cc1C#CCN. The van der Waals surface area contributed by atoms with Crippen LogP contribution in [0.4, 0.5) is 4.39 Å². The Kier molecular flexibility index (Phi) is 5.18. The number of benzene rings is 1. The highest BCUT2D eigenvalue weighted by Crippen LogP contribution is 2.10. The molecule has 0 aliphatic heterocycles. The van der Waals surface area contributed by atoms with Gasteiger partial charge in [0.15, 0.2) is 0 Å². The summed E-state index contributed by atoms with van der Waals surface area (Å²) in [6.45, 7) is 2.71. The van der Waals surface area contributed by atoms with E-state index in [0.29, 0.717) is 17.7 Å². The Hall–Kier alpha value is -1.86. The fourth-order valence-electron chi connectivity index (χ4n) is 1.30. The molecule has 0 aliphatic rings. The van der Waals surface area contributed by atoms with Crippen molar-refractivity contribution < 1.29 is 9.18 Å². The average Bonchev–Trinajstić information content (AvgIpc) is 2.33. The monoisotopic (exact) mass is 234 g/mol. The summed E-state index contributed by atoms with van der Waals surface area (Å²) in [5.41, 5.74) is 5.99. The molecule has 0 saturated heterocycles. The van der Waals surface area contributed by atoms with E-state index in [1.165, 1.54) is 18.2 Å². The third kappa shape index (κ3) is 3.89. The molecule has 4 heteroatoms. The lowest BCUT2D eigenvalue weighted by Crippen LogP contribution is -2.24. The maximum absolute atomic E-state index is 13.1. The van der Waals surface area contributed by atoms with Crippen molar-refractivity contribution in [2.75, 3.05) is 13.1 Å². The van der Waals surface area contributed by atoms with Crippen molar-refractivity contribution in [2.24, 2.45) is 5.73 Å². The van der Waals surface area contributed by atoms with Gasteiger partial charge in [0.1, 0.15) is 5.82 Å². The van der Waals surface area contributed by atoms with Gasteiger partial charge in [-0.25, -0.2) is 4.39 Å². The van der Waals surface area contributed by atoms with Crippen LogP contribution in [0.2, 0.25) is 0 Å². The Morgan fingerprint density at radius 3 is 2.94 bits per heavy atom. The minimum Gasteiger partial charge on any atom is -0.352 e. The number of rotatable bonds is 3. The number of nitrogens with one attached hydrogen (secondary N) is 1. The summed E-state index contributed by atoms with van der Waals surface area (Å²) in [5.74, 6) is 4.65. The molecule has 1 rings (SSSR count). The van der Waals surface area contributed by atoms with E-state index in [2.05, 4.69) is 17.2 Å². The summed E-state index contributed by atoms with van der Waals surface area (Å²) in [6.07, 6.45) is 0.844. The summed E-state index contributed by atoms with van der Waals surface area (Å²) in [5, 5.41) is 2.72. The first-order valence-electron chi connectivity index (χ1n) is 5.45. The molecule has 1 amide bonds. The molecule has 0 fully saturated rings. The number of carbonyl (C=O) groups excluding carboxylic acids is 1. The standard InChI is InChI=1S/C13H15FN2O/c1-2-8-16-13(17)12-6-5-11(14)9-10(12)4-3-7-15/h5-6,9H,2,7-8,15H2,1H3,(H,16,17). The van der Waals surface area contributed by atoms with Gasteiger partial charge in [0.25, 0.3) is 5.91 Å². The number of hydrogen-bond donors (Lipinski definition) is 2. The second kappa shape index (κ2) is 6.66. The first-order valence-corrected chi connectivity index (χ1v) is 5.45. The molecule has 90 valence electrons. The van der Waals surface area contributed by atoms with E-state index in [1.807, 2.05) is 6.92 Å². The van der Waals surface area contributed by atoms with Crippen LogP contribution in [0.5, 0.6) is 0 Å². The van der Waals surface area contributed by atoms with Gasteiger partial charge in [-0.1, -0.05) is 18.8 Å². The van der Waals surface area contributed by atoms with Gasteiger partial charge >= 0.3 is 0 Å². The number of halogens is 1. The molecule has 3 nitrogen and oxygen atoms in total. The van der Waals surface area contributed by atoms with Crippen molar-refractivity contribution in [3.05, 3.63) is 35.1 Å². The number of carbonyl (C=O) groups is 1. The summed E-state index contributed by atoms with van der Waals surface area (Å²) < 4.78 is 13.1. The number of nitrogens with two attached hydrogens (primary N) is 1. The maximum Gasteiger partial charge on any atom is 0.252 e. The first kappa shape index (κ1) is 13.2. The molecule has 1 aromatic rings. The van der Waals surface area contributed by atoms with Gasteiger partial charge in [-0.05, 0) is 24.6 Å². The molecular formula is C13H15FN2O. The zero-order valence-corrected chi connectivity index (χ0v) is 9.72. The Morgan fingerprint density at radius 1 is 1.53 bits per heavy atom. The van der Waals surface area contributed by atoms with E-state index in [0.717, 1.165) is 6.42 Å². The maximum atomic E-state index is 13.1. The molecule has 0 unspecified atom stereocenters. The predicted molar refractivity (Wildman–Crippen MR) is 65.0 cm³/mol. The van der Waals surface area contributed by atoms with E-state index in [9.17, 15) is 9.18 Å². The van der Waals surface area contributed by atoms with Gasteiger partial charge in [-0.15, -0.1) is 0 Å². The summed E-state index contributed by atoms with van der Waals surface area (Å²) in [6, 6.07) is 3.92. The quantitative estimate of drug-likeness (QED) is 0.774. The smallest absolute Gasteiger partial charge is 0.252 e. The van der Waals surface area contributed by atoms with Crippen LogP contribution in [-0.4, -0.2) is 19.0 Å². The fourth-order valence-corrected chi connectivity index (χ4v) is 1.30. The van der Waals surface area contributed by atoms with Crippen LogP contribution in [-0.2, 0) is 0 Å². The average molecular weight is 234 g/mol. The molecule has 3 N–H and O–H groups in total. The molecule has 0 atom stereocenters. The van der Waals surface area contributed by atoms with E-state index in [4.69, 9.17) is 5.73 Å². The molecule has 1 aromatic carbocycles. The van der Waals surface area contributed by atoms with Crippen LogP contribution in [0, 0.1) is 17.7 Å². The lowest BCUT2D eigenvalue weighted by molar-refractivity contribution is 0.0953. The van der Waals surface area contributed by atoms with Crippen molar-refractivity contribution in [1.29, 1.82) is 0 Å². The highest BCUT2D eigenvalue weighted by atomic mass is 19.1. The Bertz CT molecular complexity index is 460. The topological polar surface area (TPSA) is 55.1 Å². The minimum atomic E-state index is -0.418. The van der Waals surface area contributed by atoms with Gasteiger partial charge in [0.05, 0.1) is 12.1 Å². The summed E-state index contributed by atoms with van der Waals surface area (Å²) >= 11 is 0. The molecular weight excluding hydrogens is 219 g/mol. The molecule has 0 bridgehead atoms. The molecule has 17 heavy (non-hydrogen) atoms. The van der Waals surface area contributed by atoms with Gasteiger partial charge in [-0.2, -0.15) is 0 Å². The normalized spacial score (nSPS) is 9.35. The van der Waals surface area contributed by atoms with E-state index < -0.39 is 5.82 Å². The highest BCUT2D eigenvalue weighted by Gasteiger charge is 2.10. The largest absolute Gasteiger partial charge is 0.352 e. The fraction of sp³-hybridized carbons (Fsp3) is 0.308. The zero-order chi connectivity index (χ0) is 12.7. The minimum absolute atomic E-state index is 0.173. The molecule has 0 spiro atoms. The lowest BCUT2D eigenvalue weighted by Gasteiger charge is -2.05.